The lowest BCUT2D eigenvalue weighted by Gasteiger charge is -2.36. The average molecular weight is 275 g/mol. The van der Waals surface area contributed by atoms with Crippen molar-refractivity contribution in [2.45, 2.75) is 63.2 Å². The third-order valence-corrected chi connectivity index (χ3v) is 9.73. The lowest BCUT2D eigenvalue weighted by atomic mass is 10.1. The zero-order valence-electron chi connectivity index (χ0n) is 11.9. The highest BCUT2D eigenvalue weighted by Gasteiger charge is 2.36. The van der Waals surface area contributed by atoms with Crippen LogP contribution in [0.4, 0.5) is 0 Å². The monoisotopic (exact) mass is 274 g/mol. The van der Waals surface area contributed by atoms with Crippen molar-refractivity contribution in [2.24, 2.45) is 5.92 Å². The predicted octanol–water partition coefficient (Wildman–Crippen LogP) is 4.70. The van der Waals surface area contributed by atoms with E-state index in [1.807, 2.05) is 0 Å². The highest BCUT2D eigenvalue weighted by molar-refractivity contribution is 6.93. The van der Waals surface area contributed by atoms with Gasteiger partial charge in [-0.15, -0.1) is 4.55 Å². The molecular formula is C12H27ClMgOSi. The molecule has 4 heteroatoms. The van der Waals surface area contributed by atoms with Crippen molar-refractivity contribution >= 4 is 36.7 Å². The molecular weight excluding hydrogens is 248 g/mol. The third kappa shape index (κ3) is 6.84. The van der Waals surface area contributed by atoms with E-state index in [9.17, 15) is 0 Å². The normalized spacial score (nSPS) is 14.7. The molecule has 1 atom stereocenters. The van der Waals surface area contributed by atoms with Crippen molar-refractivity contribution in [2.75, 3.05) is 6.61 Å². The third-order valence-electron chi connectivity index (χ3n) is 3.71. The molecule has 0 fully saturated rings. The van der Waals surface area contributed by atoms with Crippen LogP contribution in [0.25, 0.3) is 0 Å². The van der Waals surface area contributed by atoms with E-state index in [1.165, 1.54) is 17.4 Å². The van der Waals surface area contributed by atoms with Crippen LogP contribution >= 0.6 is 9.07 Å². The summed E-state index contributed by atoms with van der Waals surface area (Å²) in [6.45, 7) is 14.8. The van der Waals surface area contributed by atoms with Gasteiger partial charge in [0.05, 0.1) is 0 Å². The van der Waals surface area contributed by atoms with Crippen LogP contribution in [0.5, 0.6) is 0 Å². The lowest BCUT2D eigenvalue weighted by Crippen LogP contribution is -2.41. The molecule has 0 aromatic rings. The van der Waals surface area contributed by atoms with Crippen LogP contribution in [0.1, 0.15) is 40.5 Å². The van der Waals surface area contributed by atoms with E-state index in [2.05, 4.69) is 40.8 Å². The van der Waals surface area contributed by atoms with Crippen molar-refractivity contribution in [3.63, 3.8) is 0 Å². The summed E-state index contributed by atoms with van der Waals surface area (Å²) in [7, 11) is 4.31. The average Bonchev–Trinajstić information content (AvgIpc) is 2.12. The maximum absolute atomic E-state index is 6.16. The molecule has 0 aliphatic carbocycles. The Labute approximate surface area is 116 Å². The summed E-state index contributed by atoms with van der Waals surface area (Å²) in [5.74, 6) is 0.774. The molecule has 0 N–H and O–H groups in total. The molecule has 1 unspecified atom stereocenters. The first-order chi connectivity index (χ1) is 7.20. The molecule has 0 bridgehead atoms. The second-order valence-corrected chi connectivity index (χ2v) is 13.4. The summed E-state index contributed by atoms with van der Waals surface area (Å²) in [5, 5.41) is 0.333. The molecule has 0 saturated heterocycles. The van der Waals surface area contributed by atoms with Gasteiger partial charge in [0, 0.05) is 6.61 Å². The van der Waals surface area contributed by atoms with Gasteiger partial charge < -0.3 is 13.5 Å². The van der Waals surface area contributed by atoms with Crippen molar-refractivity contribution in [3.8, 4) is 0 Å². The minimum Gasteiger partial charge on any atom is -0.417 e. The van der Waals surface area contributed by atoms with E-state index in [0.29, 0.717) is 5.04 Å². The second-order valence-electron chi connectivity index (χ2n) is 6.33. The molecule has 0 spiro atoms. The fourth-order valence-electron chi connectivity index (χ4n) is 1.30. The smallest absolute Gasteiger partial charge is 0.417 e. The predicted molar refractivity (Wildman–Crippen MR) is 78.0 cm³/mol. The molecule has 1 nitrogen and oxygen atoms in total. The Morgan fingerprint density at radius 3 is 2.25 bits per heavy atom. The topological polar surface area (TPSA) is 9.23 Å². The quantitative estimate of drug-likeness (QED) is 0.612. The maximum atomic E-state index is 6.16. The summed E-state index contributed by atoms with van der Waals surface area (Å²) in [5.41, 5.74) is 0. The van der Waals surface area contributed by atoms with Crippen LogP contribution in [-0.4, -0.2) is 34.2 Å². The summed E-state index contributed by atoms with van der Waals surface area (Å²) >= 11 is -0.262. The van der Waals surface area contributed by atoms with Crippen LogP contribution in [0.2, 0.25) is 22.7 Å². The molecule has 0 rings (SSSR count). The van der Waals surface area contributed by atoms with Gasteiger partial charge in [0.2, 0.25) is 0 Å². The Hall–Kier alpha value is 1.23. The molecule has 0 aromatic carbocycles. The molecule has 16 heavy (non-hydrogen) atoms. The Morgan fingerprint density at radius 1 is 1.25 bits per heavy atom. The zero-order valence-corrected chi connectivity index (χ0v) is 15.1. The van der Waals surface area contributed by atoms with Gasteiger partial charge in [0.1, 0.15) is 0 Å². The van der Waals surface area contributed by atoms with Crippen LogP contribution < -0.4 is 0 Å². The van der Waals surface area contributed by atoms with Gasteiger partial charge in [-0.3, -0.25) is 0 Å². The Balaban J connectivity index is 3.81. The van der Waals surface area contributed by atoms with Gasteiger partial charge in [0.15, 0.2) is 8.32 Å². The molecule has 0 aliphatic heterocycles. The highest BCUT2D eigenvalue weighted by atomic mass is 35.5. The lowest BCUT2D eigenvalue weighted by molar-refractivity contribution is 0.258. The number of halogens is 1. The molecule has 0 heterocycles. The Kier molecular flexibility index (Phi) is 8.21. The molecule has 94 valence electrons. The van der Waals surface area contributed by atoms with Crippen LogP contribution in [0.15, 0.2) is 0 Å². The van der Waals surface area contributed by atoms with Crippen molar-refractivity contribution in [1.82, 2.24) is 0 Å². The first-order valence-electron chi connectivity index (χ1n) is 6.40. The highest BCUT2D eigenvalue weighted by Crippen LogP contribution is 2.36. The van der Waals surface area contributed by atoms with Crippen LogP contribution in [0.3, 0.4) is 0 Å². The van der Waals surface area contributed by atoms with E-state index in [1.54, 1.807) is 0 Å². The summed E-state index contributed by atoms with van der Waals surface area (Å²) in [6.07, 6.45) is 2.48. The van der Waals surface area contributed by atoms with E-state index in [4.69, 9.17) is 13.5 Å². The molecule has 0 saturated carbocycles. The van der Waals surface area contributed by atoms with E-state index in [0.717, 1.165) is 12.5 Å². The van der Waals surface area contributed by atoms with Gasteiger partial charge in [-0.05, 0) is 30.5 Å². The van der Waals surface area contributed by atoms with E-state index >= 15 is 0 Å². The molecule has 0 radical (unpaired) electrons. The SMILES string of the molecule is CC(CCO[Si](C)(C)C(C)(C)C)C[CH2][Mg][Cl]. The Morgan fingerprint density at radius 2 is 1.81 bits per heavy atom. The van der Waals surface area contributed by atoms with Crippen molar-refractivity contribution in [1.29, 1.82) is 0 Å². The first-order valence-corrected chi connectivity index (χ1v) is 12.5. The number of hydrogen-bond acceptors (Lipinski definition) is 1. The minimum absolute atomic E-state index is 0.262. The molecule has 0 aromatic heterocycles. The summed E-state index contributed by atoms with van der Waals surface area (Å²) in [4.78, 5) is 0. The number of rotatable bonds is 7. The fourth-order valence-corrected chi connectivity index (χ4v) is 3.68. The van der Waals surface area contributed by atoms with Gasteiger partial charge in [-0.1, -0.05) is 34.1 Å². The second kappa shape index (κ2) is 7.62. The zero-order chi connectivity index (χ0) is 12.8. The van der Waals surface area contributed by atoms with Gasteiger partial charge >= 0.3 is 19.3 Å². The van der Waals surface area contributed by atoms with Gasteiger partial charge in [0.25, 0.3) is 0 Å². The standard InChI is InChI=1S/C12H27OSi.ClH.Mg/c1-8-11(2)9-10-13-14(6,7)12(3,4)5;;/h11H,1,8-10H2,2-7H3;1H;/q;;+1/p-1. The molecule has 0 amide bonds. The van der Waals surface area contributed by atoms with Crippen LogP contribution in [0, 0.1) is 5.92 Å². The first kappa shape index (κ1) is 17.2. The number of hydrogen-bond donors (Lipinski definition) is 0. The van der Waals surface area contributed by atoms with Gasteiger partial charge in [-0.2, -0.15) is 0 Å². The van der Waals surface area contributed by atoms with Gasteiger partial charge in [-0.25, -0.2) is 0 Å². The Bertz CT molecular complexity index is 192. The molecule has 0 aliphatic rings. The summed E-state index contributed by atoms with van der Waals surface area (Å²) < 4.78 is 7.43. The van der Waals surface area contributed by atoms with Crippen molar-refractivity contribution < 1.29 is 4.43 Å². The van der Waals surface area contributed by atoms with E-state index in [-0.39, 0.29) is 19.3 Å². The summed E-state index contributed by atoms with van der Waals surface area (Å²) in [6, 6.07) is 0. The largest absolute Gasteiger partial charge is 0.501 e. The minimum atomic E-state index is -1.52. The van der Waals surface area contributed by atoms with E-state index < -0.39 is 8.32 Å². The fraction of sp³-hybridized carbons (Fsp3) is 1.00. The van der Waals surface area contributed by atoms with Crippen LogP contribution in [-0.2, 0) is 4.43 Å². The van der Waals surface area contributed by atoms with Crippen molar-refractivity contribution in [3.05, 3.63) is 0 Å². The maximum Gasteiger partial charge on any atom is 0.501 e.